The Kier molecular flexibility index (Phi) is 2.92. The molecule has 0 bridgehead atoms. The molecule has 4 heteroatoms. The SMILES string of the molecule is C[C@]12C(=O)CC(=O)C=C1CC[C@@H]1[C@@H]2C(=O)C[C@]2(C)C(=O)CC[C@@H]12. The molecule has 0 radical (unpaired) electrons. The van der Waals surface area contributed by atoms with Gasteiger partial charge in [-0.1, -0.05) is 12.5 Å². The van der Waals surface area contributed by atoms with Crippen molar-refractivity contribution in [3.8, 4) is 0 Å². The minimum atomic E-state index is -0.819. The molecule has 23 heavy (non-hydrogen) atoms. The van der Waals surface area contributed by atoms with E-state index < -0.39 is 10.8 Å². The first-order valence-electron chi connectivity index (χ1n) is 8.61. The molecule has 0 saturated heterocycles. The maximum absolute atomic E-state index is 13.0. The Morgan fingerprint density at radius 1 is 1.00 bits per heavy atom. The van der Waals surface area contributed by atoms with Crippen LogP contribution in [0.25, 0.3) is 0 Å². The van der Waals surface area contributed by atoms with Crippen LogP contribution < -0.4 is 0 Å². The zero-order valence-electron chi connectivity index (χ0n) is 13.7. The topological polar surface area (TPSA) is 68.3 Å². The van der Waals surface area contributed by atoms with E-state index in [0.717, 1.165) is 18.4 Å². The van der Waals surface area contributed by atoms with E-state index in [9.17, 15) is 19.2 Å². The Labute approximate surface area is 135 Å². The Hall–Kier alpha value is -1.58. The van der Waals surface area contributed by atoms with Crippen LogP contribution in [0, 0.1) is 28.6 Å². The monoisotopic (exact) mass is 314 g/mol. The number of allylic oxidation sites excluding steroid dienone is 1. The van der Waals surface area contributed by atoms with Crippen LogP contribution in [0.3, 0.4) is 0 Å². The van der Waals surface area contributed by atoms with Gasteiger partial charge in [0.1, 0.15) is 11.6 Å². The molecule has 0 aliphatic heterocycles. The predicted octanol–water partition coefficient (Wildman–Crippen LogP) is 2.45. The van der Waals surface area contributed by atoms with Crippen molar-refractivity contribution >= 4 is 23.1 Å². The Balaban J connectivity index is 1.82. The molecule has 0 N–H and O–H groups in total. The van der Waals surface area contributed by atoms with Crippen molar-refractivity contribution in [1.82, 2.24) is 0 Å². The summed E-state index contributed by atoms with van der Waals surface area (Å²) in [6.45, 7) is 3.81. The Morgan fingerprint density at radius 3 is 2.48 bits per heavy atom. The fourth-order valence-corrected chi connectivity index (χ4v) is 6.02. The summed E-state index contributed by atoms with van der Waals surface area (Å²) in [6, 6.07) is 0. The molecule has 0 aromatic rings. The number of carbonyl (C=O) groups is 4. The number of hydrogen-bond acceptors (Lipinski definition) is 4. The van der Waals surface area contributed by atoms with Gasteiger partial charge in [-0.05, 0) is 44.1 Å². The molecule has 3 saturated carbocycles. The van der Waals surface area contributed by atoms with Gasteiger partial charge in [-0.15, -0.1) is 0 Å². The molecule has 4 nitrogen and oxygen atoms in total. The third kappa shape index (κ3) is 1.72. The zero-order chi connectivity index (χ0) is 16.6. The van der Waals surface area contributed by atoms with Crippen molar-refractivity contribution in [1.29, 1.82) is 0 Å². The van der Waals surface area contributed by atoms with Crippen molar-refractivity contribution in [3.63, 3.8) is 0 Å². The van der Waals surface area contributed by atoms with Crippen LogP contribution in [0.2, 0.25) is 0 Å². The van der Waals surface area contributed by atoms with Crippen molar-refractivity contribution in [2.75, 3.05) is 0 Å². The molecule has 4 aliphatic carbocycles. The summed E-state index contributed by atoms with van der Waals surface area (Å²) in [7, 11) is 0. The maximum Gasteiger partial charge on any atom is 0.163 e. The molecule has 0 aromatic carbocycles. The van der Waals surface area contributed by atoms with Crippen LogP contribution in [-0.2, 0) is 19.2 Å². The third-order valence-corrected chi connectivity index (χ3v) is 7.26. The lowest BCUT2D eigenvalue weighted by Gasteiger charge is -2.54. The van der Waals surface area contributed by atoms with E-state index in [2.05, 4.69) is 0 Å². The van der Waals surface area contributed by atoms with E-state index in [1.807, 2.05) is 13.8 Å². The second kappa shape index (κ2) is 4.49. The first-order chi connectivity index (χ1) is 10.8. The Morgan fingerprint density at radius 2 is 1.74 bits per heavy atom. The van der Waals surface area contributed by atoms with E-state index in [1.165, 1.54) is 0 Å². The van der Waals surface area contributed by atoms with Gasteiger partial charge in [-0.25, -0.2) is 0 Å². The molecule has 5 atom stereocenters. The lowest BCUT2D eigenvalue weighted by atomic mass is 9.47. The molecule has 0 aromatic heterocycles. The smallest absolute Gasteiger partial charge is 0.163 e. The molecule has 4 rings (SSSR count). The summed E-state index contributed by atoms with van der Waals surface area (Å²) in [4.78, 5) is 49.8. The van der Waals surface area contributed by atoms with Gasteiger partial charge < -0.3 is 0 Å². The molecular formula is C19H22O4. The lowest BCUT2D eigenvalue weighted by molar-refractivity contribution is -0.155. The van der Waals surface area contributed by atoms with Crippen molar-refractivity contribution in [2.45, 2.75) is 52.4 Å². The van der Waals surface area contributed by atoms with E-state index in [0.29, 0.717) is 12.8 Å². The maximum atomic E-state index is 13.0. The second-order valence-corrected chi connectivity index (χ2v) is 8.25. The summed E-state index contributed by atoms with van der Waals surface area (Å²) in [5.41, 5.74) is -0.495. The van der Waals surface area contributed by atoms with Crippen LogP contribution >= 0.6 is 0 Å². The van der Waals surface area contributed by atoms with Gasteiger partial charge in [0, 0.05) is 24.2 Å². The van der Waals surface area contributed by atoms with Gasteiger partial charge in [0.25, 0.3) is 0 Å². The highest BCUT2D eigenvalue weighted by atomic mass is 16.2. The average molecular weight is 314 g/mol. The van der Waals surface area contributed by atoms with Crippen molar-refractivity contribution in [3.05, 3.63) is 11.6 Å². The number of rotatable bonds is 0. The third-order valence-electron chi connectivity index (χ3n) is 7.26. The highest BCUT2D eigenvalue weighted by molar-refractivity contribution is 6.13. The summed E-state index contributed by atoms with van der Waals surface area (Å²) >= 11 is 0. The molecular weight excluding hydrogens is 292 g/mol. The number of ketones is 4. The number of fused-ring (bicyclic) bond motifs is 5. The van der Waals surface area contributed by atoms with Gasteiger partial charge >= 0.3 is 0 Å². The van der Waals surface area contributed by atoms with Gasteiger partial charge in [-0.2, -0.15) is 0 Å². The minimum absolute atomic E-state index is 0.0554. The quantitative estimate of drug-likeness (QED) is 0.644. The molecule has 122 valence electrons. The lowest BCUT2D eigenvalue weighted by Crippen LogP contribution is -2.57. The highest BCUT2D eigenvalue weighted by Gasteiger charge is 2.64. The van der Waals surface area contributed by atoms with E-state index in [1.54, 1.807) is 6.08 Å². The van der Waals surface area contributed by atoms with Gasteiger partial charge in [0.15, 0.2) is 11.6 Å². The summed E-state index contributed by atoms with van der Waals surface area (Å²) in [5, 5.41) is 0. The fraction of sp³-hybridized carbons (Fsp3) is 0.684. The standard InChI is InChI=1S/C19H22O4/c1-18-9-14(21)17-12(13(18)5-6-15(18)22)4-3-10-7-11(20)8-16(23)19(10,17)2/h7,12-13,17H,3-6,8-9H2,1-2H3/t12-,13-,17+,18-,19+/m0/s1. The van der Waals surface area contributed by atoms with Crippen LogP contribution in [0.1, 0.15) is 52.4 Å². The van der Waals surface area contributed by atoms with E-state index >= 15 is 0 Å². The first-order valence-corrected chi connectivity index (χ1v) is 8.61. The number of hydrogen-bond donors (Lipinski definition) is 0. The zero-order valence-corrected chi connectivity index (χ0v) is 13.7. The van der Waals surface area contributed by atoms with Crippen LogP contribution in [-0.4, -0.2) is 23.1 Å². The highest BCUT2D eigenvalue weighted by Crippen LogP contribution is 2.62. The molecule has 0 heterocycles. The molecule has 0 amide bonds. The number of Topliss-reactive ketones (excluding diaryl/α,β-unsaturated/α-hetero) is 3. The molecule has 0 unspecified atom stereocenters. The largest absolute Gasteiger partial charge is 0.299 e. The first kappa shape index (κ1) is 15.0. The molecule has 4 aliphatic rings. The average Bonchev–Trinajstić information content (AvgIpc) is 2.76. The van der Waals surface area contributed by atoms with Gasteiger partial charge in [-0.3, -0.25) is 19.2 Å². The molecule has 0 spiro atoms. The fourth-order valence-electron chi connectivity index (χ4n) is 6.02. The van der Waals surface area contributed by atoms with Gasteiger partial charge in [0.2, 0.25) is 0 Å². The Bertz CT molecular complexity index is 687. The number of carbonyl (C=O) groups excluding carboxylic acids is 4. The van der Waals surface area contributed by atoms with Gasteiger partial charge in [0.05, 0.1) is 11.8 Å². The second-order valence-electron chi connectivity index (χ2n) is 8.25. The van der Waals surface area contributed by atoms with Crippen LogP contribution in [0.5, 0.6) is 0 Å². The summed E-state index contributed by atoms with van der Waals surface area (Å²) in [5.74, 6) is 0.00682. The molecule has 3 fully saturated rings. The van der Waals surface area contributed by atoms with E-state index in [-0.39, 0.29) is 53.7 Å². The van der Waals surface area contributed by atoms with Crippen molar-refractivity contribution in [2.24, 2.45) is 28.6 Å². The van der Waals surface area contributed by atoms with E-state index in [4.69, 9.17) is 0 Å². The summed E-state index contributed by atoms with van der Waals surface area (Å²) in [6.07, 6.45) is 4.70. The predicted molar refractivity (Wildman–Crippen MR) is 82.5 cm³/mol. The summed E-state index contributed by atoms with van der Waals surface area (Å²) < 4.78 is 0. The normalized spacial score (nSPS) is 46.2. The van der Waals surface area contributed by atoms with Crippen molar-refractivity contribution < 1.29 is 19.2 Å². The minimum Gasteiger partial charge on any atom is -0.299 e. The van der Waals surface area contributed by atoms with Crippen LogP contribution in [0.15, 0.2) is 11.6 Å². The van der Waals surface area contributed by atoms with Crippen LogP contribution in [0.4, 0.5) is 0 Å².